The molecular formula is C12H16O4. The number of ether oxygens (including phenoxy) is 2. The number of esters is 1. The third kappa shape index (κ3) is 3.55. The smallest absolute Gasteiger partial charge is 0.335 e. The minimum absolute atomic E-state index is 0.232. The first-order valence-electron chi connectivity index (χ1n) is 5.15. The molecule has 1 aromatic rings. The van der Waals surface area contributed by atoms with Crippen LogP contribution >= 0.6 is 0 Å². The maximum Gasteiger partial charge on any atom is 0.335 e. The Kier molecular flexibility index (Phi) is 4.79. The van der Waals surface area contributed by atoms with Crippen LogP contribution in [0.15, 0.2) is 24.3 Å². The monoisotopic (exact) mass is 224 g/mol. The van der Waals surface area contributed by atoms with E-state index in [-0.39, 0.29) is 13.0 Å². The van der Waals surface area contributed by atoms with Crippen molar-refractivity contribution in [1.29, 1.82) is 0 Å². The van der Waals surface area contributed by atoms with Crippen LogP contribution in [0.25, 0.3) is 0 Å². The summed E-state index contributed by atoms with van der Waals surface area (Å²) in [5, 5.41) is 9.55. The van der Waals surface area contributed by atoms with Gasteiger partial charge in [-0.05, 0) is 24.6 Å². The van der Waals surface area contributed by atoms with Crippen LogP contribution in [0.4, 0.5) is 0 Å². The number of hydrogen-bond donors (Lipinski definition) is 1. The molecule has 1 N–H and O–H groups in total. The van der Waals surface area contributed by atoms with E-state index >= 15 is 0 Å². The van der Waals surface area contributed by atoms with Crippen LogP contribution in [-0.2, 0) is 16.0 Å². The molecule has 0 unspecified atom stereocenters. The molecule has 0 radical (unpaired) electrons. The third-order valence-electron chi connectivity index (χ3n) is 2.12. The Bertz CT molecular complexity index is 349. The normalized spacial score (nSPS) is 11.9. The molecule has 0 amide bonds. The Balaban J connectivity index is 2.61. The summed E-state index contributed by atoms with van der Waals surface area (Å²) in [5.74, 6) is 0.110. The van der Waals surface area contributed by atoms with E-state index in [0.29, 0.717) is 5.75 Å². The minimum atomic E-state index is -1.12. The zero-order chi connectivity index (χ0) is 12.0. The molecule has 0 aliphatic heterocycles. The van der Waals surface area contributed by atoms with E-state index in [2.05, 4.69) is 0 Å². The first kappa shape index (κ1) is 12.5. The Morgan fingerprint density at radius 1 is 1.50 bits per heavy atom. The van der Waals surface area contributed by atoms with Gasteiger partial charge in [-0.25, -0.2) is 4.79 Å². The number of aliphatic hydroxyl groups excluding tert-OH is 1. The van der Waals surface area contributed by atoms with Crippen molar-refractivity contribution < 1.29 is 19.4 Å². The molecule has 1 aromatic carbocycles. The van der Waals surface area contributed by atoms with Gasteiger partial charge in [-0.3, -0.25) is 0 Å². The number of carbonyl (C=O) groups is 1. The van der Waals surface area contributed by atoms with Crippen molar-refractivity contribution in [3.63, 3.8) is 0 Å². The standard InChI is InChI=1S/C12H16O4/c1-3-16-12(14)11(13)8-9-5-4-6-10(7-9)15-2/h4-7,11,13H,3,8H2,1-2H3/t11-/m0/s1. The average molecular weight is 224 g/mol. The lowest BCUT2D eigenvalue weighted by atomic mass is 10.1. The van der Waals surface area contributed by atoms with Crippen LogP contribution in [0, 0.1) is 0 Å². The van der Waals surface area contributed by atoms with Crippen LogP contribution in [0.3, 0.4) is 0 Å². The fraction of sp³-hybridized carbons (Fsp3) is 0.417. The number of carbonyl (C=O) groups excluding carboxylic acids is 1. The van der Waals surface area contributed by atoms with Gasteiger partial charge in [0.05, 0.1) is 13.7 Å². The lowest BCUT2D eigenvalue weighted by molar-refractivity contribution is -0.152. The number of benzene rings is 1. The van der Waals surface area contributed by atoms with Gasteiger partial charge in [0, 0.05) is 6.42 Å². The first-order chi connectivity index (χ1) is 7.67. The van der Waals surface area contributed by atoms with Crippen molar-refractivity contribution in [3.05, 3.63) is 29.8 Å². The summed E-state index contributed by atoms with van der Waals surface area (Å²) < 4.78 is 9.76. The second kappa shape index (κ2) is 6.12. The van der Waals surface area contributed by atoms with Gasteiger partial charge in [-0.1, -0.05) is 12.1 Å². The predicted octanol–water partition coefficient (Wildman–Crippen LogP) is 1.16. The second-order valence-electron chi connectivity index (χ2n) is 3.32. The molecule has 0 saturated carbocycles. The molecule has 16 heavy (non-hydrogen) atoms. The Morgan fingerprint density at radius 2 is 2.25 bits per heavy atom. The van der Waals surface area contributed by atoms with Crippen LogP contribution in [-0.4, -0.2) is 30.9 Å². The predicted molar refractivity (Wildman–Crippen MR) is 59.3 cm³/mol. The molecule has 0 aromatic heterocycles. The van der Waals surface area contributed by atoms with Crippen LogP contribution in [0.1, 0.15) is 12.5 Å². The van der Waals surface area contributed by atoms with Crippen molar-refractivity contribution in [2.24, 2.45) is 0 Å². The van der Waals surface area contributed by atoms with Crippen LogP contribution in [0.2, 0.25) is 0 Å². The SMILES string of the molecule is CCOC(=O)[C@@H](O)Cc1cccc(OC)c1. The fourth-order valence-corrected chi connectivity index (χ4v) is 1.34. The summed E-state index contributed by atoms with van der Waals surface area (Å²) in [4.78, 5) is 11.2. The van der Waals surface area contributed by atoms with Crippen LogP contribution in [0.5, 0.6) is 5.75 Å². The van der Waals surface area contributed by atoms with Crippen LogP contribution < -0.4 is 4.74 Å². The summed E-state index contributed by atoms with van der Waals surface area (Å²) in [6.45, 7) is 1.98. The Hall–Kier alpha value is -1.55. The second-order valence-corrected chi connectivity index (χ2v) is 3.32. The molecule has 4 heteroatoms. The quantitative estimate of drug-likeness (QED) is 0.762. The molecule has 1 atom stereocenters. The van der Waals surface area contributed by atoms with E-state index in [1.54, 1.807) is 26.2 Å². The van der Waals surface area contributed by atoms with Gasteiger partial charge >= 0.3 is 5.97 Å². The van der Waals surface area contributed by atoms with Crippen molar-refractivity contribution in [3.8, 4) is 5.75 Å². The molecule has 0 spiro atoms. The highest BCUT2D eigenvalue weighted by molar-refractivity contribution is 5.74. The van der Waals surface area contributed by atoms with E-state index in [1.165, 1.54) is 0 Å². The van der Waals surface area contributed by atoms with Crippen molar-refractivity contribution in [2.75, 3.05) is 13.7 Å². The van der Waals surface area contributed by atoms with E-state index in [1.807, 2.05) is 12.1 Å². The lowest BCUT2D eigenvalue weighted by Crippen LogP contribution is -2.25. The number of hydrogen-bond acceptors (Lipinski definition) is 4. The molecule has 0 saturated heterocycles. The highest BCUT2D eigenvalue weighted by Gasteiger charge is 2.16. The number of methoxy groups -OCH3 is 1. The molecule has 0 fully saturated rings. The van der Waals surface area contributed by atoms with E-state index in [9.17, 15) is 9.90 Å². The third-order valence-corrected chi connectivity index (χ3v) is 2.12. The van der Waals surface area contributed by atoms with Gasteiger partial charge < -0.3 is 14.6 Å². The fourth-order valence-electron chi connectivity index (χ4n) is 1.34. The van der Waals surface area contributed by atoms with Gasteiger partial charge in [-0.15, -0.1) is 0 Å². The van der Waals surface area contributed by atoms with Crippen molar-refractivity contribution in [2.45, 2.75) is 19.4 Å². The number of aliphatic hydroxyl groups is 1. The number of rotatable bonds is 5. The summed E-state index contributed by atoms with van der Waals surface area (Å²) in [7, 11) is 1.57. The molecule has 88 valence electrons. The van der Waals surface area contributed by atoms with Crippen molar-refractivity contribution in [1.82, 2.24) is 0 Å². The average Bonchev–Trinajstić information content (AvgIpc) is 2.29. The molecule has 0 aliphatic rings. The van der Waals surface area contributed by atoms with Gasteiger partial charge in [0.25, 0.3) is 0 Å². The highest BCUT2D eigenvalue weighted by atomic mass is 16.5. The van der Waals surface area contributed by atoms with E-state index in [0.717, 1.165) is 5.56 Å². The molecule has 0 aliphatic carbocycles. The first-order valence-corrected chi connectivity index (χ1v) is 5.15. The maximum absolute atomic E-state index is 11.2. The zero-order valence-corrected chi connectivity index (χ0v) is 9.47. The maximum atomic E-state index is 11.2. The Labute approximate surface area is 94.8 Å². The molecule has 0 heterocycles. The van der Waals surface area contributed by atoms with Crippen molar-refractivity contribution >= 4 is 5.97 Å². The summed E-state index contributed by atoms with van der Waals surface area (Å²) in [5.41, 5.74) is 0.833. The summed E-state index contributed by atoms with van der Waals surface area (Å²) in [6, 6.07) is 7.22. The topological polar surface area (TPSA) is 55.8 Å². The summed E-state index contributed by atoms with van der Waals surface area (Å²) in [6.07, 6.45) is -0.886. The lowest BCUT2D eigenvalue weighted by Gasteiger charge is -2.10. The molecule has 0 bridgehead atoms. The van der Waals surface area contributed by atoms with Gasteiger partial charge in [0.15, 0.2) is 6.10 Å². The Morgan fingerprint density at radius 3 is 2.88 bits per heavy atom. The summed E-state index contributed by atoms with van der Waals surface area (Å²) >= 11 is 0. The molecule has 4 nitrogen and oxygen atoms in total. The molecular weight excluding hydrogens is 208 g/mol. The van der Waals surface area contributed by atoms with Gasteiger partial charge in [0.1, 0.15) is 5.75 Å². The largest absolute Gasteiger partial charge is 0.497 e. The highest BCUT2D eigenvalue weighted by Crippen LogP contribution is 2.14. The van der Waals surface area contributed by atoms with E-state index in [4.69, 9.17) is 9.47 Å². The zero-order valence-electron chi connectivity index (χ0n) is 9.47. The molecule has 1 rings (SSSR count). The van der Waals surface area contributed by atoms with Gasteiger partial charge in [0.2, 0.25) is 0 Å². The minimum Gasteiger partial charge on any atom is -0.497 e. The van der Waals surface area contributed by atoms with Gasteiger partial charge in [-0.2, -0.15) is 0 Å². The van der Waals surface area contributed by atoms with E-state index < -0.39 is 12.1 Å².